The molecule has 0 aliphatic rings. The number of non-ortho nitro benzene ring substituents is 1. The van der Waals surface area contributed by atoms with Crippen molar-refractivity contribution in [2.75, 3.05) is 0 Å². The van der Waals surface area contributed by atoms with Crippen molar-refractivity contribution in [1.29, 1.82) is 0 Å². The van der Waals surface area contributed by atoms with Gasteiger partial charge in [0.05, 0.1) is 21.2 Å². The van der Waals surface area contributed by atoms with Gasteiger partial charge in [-0.3, -0.25) is 10.1 Å². The molecule has 0 unspecified atom stereocenters. The van der Waals surface area contributed by atoms with Crippen LogP contribution in [0.5, 0.6) is 0 Å². The molecule has 0 saturated carbocycles. The van der Waals surface area contributed by atoms with E-state index in [4.69, 9.17) is 4.84 Å². The van der Waals surface area contributed by atoms with Gasteiger partial charge in [0.1, 0.15) is 12.9 Å². The molecule has 0 fully saturated rings. The number of nitrogens with zero attached hydrogens (tertiary/aromatic N) is 5. The summed E-state index contributed by atoms with van der Waals surface area (Å²) >= 11 is 1.49. The molecule has 2 heterocycles. The monoisotopic (exact) mass is 331 g/mol. The van der Waals surface area contributed by atoms with Gasteiger partial charge in [0, 0.05) is 12.1 Å². The molecule has 0 aliphatic carbocycles. The Morgan fingerprint density at radius 3 is 2.83 bits per heavy atom. The fourth-order valence-corrected chi connectivity index (χ4v) is 3.06. The van der Waals surface area contributed by atoms with Gasteiger partial charge in [0.15, 0.2) is 0 Å². The maximum Gasteiger partial charge on any atom is 0.269 e. The van der Waals surface area contributed by atoms with Gasteiger partial charge in [0.25, 0.3) is 5.69 Å². The molecule has 3 rings (SSSR count). The fraction of sp³-hybridized carbons (Fsp3) is 0.214. The number of benzene rings is 1. The number of fused-ring (bicyclic) bond motifs is 1. The highest BCUT2D eigenvalue weighted by Gasteiger charge is 2.12. The quantitative estimate of drug-likeness (QED) is 0.407. The van der Waals surface area contributed by atoms with Crippen LogP contribution >= 0.6 is 11.3 Å². The lowest BCUT2D eigenvalue weighted by Crippen LogP contribution is -1.98. The Morgan fingerprint density at radius 1 is 1.43 bits per heavy atom. The molecule has 118 valence electrons. The first-order chi connectivity index (χ1) is 11.1. The number of rotatable bonds is 5. The van der Waals surface area contributed by atoms with E-state index < -0.39 is 4.92 Å². The predicted molar refractivity (Wildman–Crippen MR) is 85.7 cm³/mol. The molecule has 0 saturated heterocycles. The van der Waals surface area contributed by atoms with E-state index in [1.807, 2.05) is 13.8 Å². The topological polar surface area (TPSA) is 94.9 Å². The van der Waals surface area contributed by atoms with Gasteiger partial charge in [-0.1, -0.05) is 16.5 Å². The zero-order chi connectivity index (χ0) is 16.4. The van der Waals surface area contributed by atoms with E-state index >= 15 is 0 Å². The molecule has 9 heteroatoms. The molecule has 0 aliphatic heterocycles. The first-order valence-electron chi connectivity index (χ1n) is 6.75. The Morgan fingerprint density at radius 2 is 2.17 bits per heavy atom. The number of aromatic nitrogens is 3. The summed E-state index contributed by atoms with van der Waals surface area (Å²) in [6.45, 7) is 4.05. The standard InChI is InChI=1S/C14H13N5O3S/c1-9(13-10(2)18-14(23-13)15-8-16-18)17-22-7-11-3-5-12(6-4-11)19(20)21/h3-6,8H,7H2,1-2H3. The fourth-order valence-electron chi connectivity index (χ4n) is 2.09. The van der Waals surface area contributed by atoms with Gasteiger partial charge >= 0.3 is 0 Å². The number of hydrogen-bond donors (Lipinski definition) is 0. The Balaban J connectivity index is 1.68. The molecule has 2 aromatic heterocycles. The summed E-state index contributed by atoms with van der Waals surface area (Å²) in [5, 5.41) is 18.8. The van der Waals surface area contributed by atoms with Crippen molar-refractivity contribution < 1.29 is 9.76 Å². The summed E-state index contributed by atoms with van der Waals surface area (Å²) < 4.78 is 1.76. The maximum atomic E-state index is 10.6. The zero-order valence-electron chi connectivity index (χ0n) is 12.5. The lowest BCUT2D eigenvalue weighted by atomic mass is 10.2. The van der Waals surface area contributed by atoms with Crippen LogP contribution in [0, 0.1) is 17.0 Å². The Bertz CT molecular complexity index is 882. The van der Waals surface area contributed by atoms with E-state index in [9.17, 15) is 10.1 Å². The molecular formula is C14H13N5O3S. The van der Waals surface area contributed by atoms with Crippen molar-refractivity contribution in [2.45, 2.75) is 20.5 Å². The van der Waals surface area contributed by atoms with E-state index in [0.29, 0.717) is 0 Å². The zero-order valence-corrected chi connectivity index (χ0v) is 13.3. The summed E-state index contributed by atoms with van der Waals surface area (Å²) in [5.74, 6) is 0. The van der Waals surface area contributed by atoms with Crippen molar-refractivity contribution in [3.8, 4) is 0 Å². The lowest BCUT2D eigenvalue weighted by molar-refractivity contribution is -0.384. The molecular weight excluding hydrogens is 318 g/mol. The van der Waals surface area contributed by atoms with E-state index in [-0.39, 0.29) is 12.3 Å². The summed E-state index contributed by atoms with van der Waals surface area (Å²) in [5.41, 5.74) is 2.56. The van der Waals surface area contributed by atoms with Crippen LogP contribution in [0.4, 0.5) is 5.69 Å². The van der Waals surface area contributed by atoms with Crippen LogP contribution in [0.1, 0.15) is 23.1 Å². The number of hydrogen-bond acceptors (Lipinski definition) is 7. The van der Waals surface area contributed by atoms with Crippen molar-refractivity contribution >= 4 is 27.7 Å². The van der Waals surface area contributed by atoms with Crippen molar-refractivity contribution in [3.63, 3.8) is 0 Å². The molecule has 0 amide bonds. The van der Waals surface area contributed by atoms with E-state index in [0.717, 1.165) is 26.8 Å². The average molecular weight is 331 g/mol. The summed E-state index contributed by atoms with van der Waals surface area (Å²) in [6, 6.07) is 6.19. The van der Waals surface area contributed by atoms with Crippen LogP contribution in [0.15, 0.2) is 35.7 Å². The first-order valence-corrected chi connectivity index (χ1v) is 7.57. The van der Waals surface area contributed by atoms with E-state index in [1.165, 1.54) is 29.8 Å². The average Bonchev–Trinajstić information content (AvgIpc) is 3.11. The Hall–Kier alpha value is -2.81. The van der Waals surface area contributed by atoms with Crippen molar-refractivity contribution in [1.82, 2.24) is 14.6 Å². The van der Waals surface area contributed by atoms with E-state index in [2.05, 4.69) is 15.2 Å². The second kappa shape index (κ2) is 6.13. The van der Waals surface area contributed by atoms with Crippen LogP contribution in [-0.2, 0) is 11.4 Å². The highest BCUT2D eigenvalue weighted by atomic mass is 32.1. The smallest absolute Gasteiger partial charge is 0.269 e. The van der Waals surface area contributed by atoms with Gasteiger partial charge in [-0.05, 0) is 31.5 Å². The summed E-state index contributed by atoms with van der Waals surface area (Å²) in [7, 11) is 0. The molecule has 3 aromatic rings. The summed E-state index contributed by atoms with van der Waals surface area (Å²) in [4.78, 5) is 21.4. The maximum absolute atomic E-state index is 10.6. The van der Waals surface area contributed by atoms with Gasteiger partial charge < -0.3 is 4.84 Å². The van der Waals surface area contributed by atoms with Crippen LogP contribution in [0.25, 0.3) is 4.96 Å². The molecule has 0 N–H and O–H groups in total. The second-order valence-electron chi connectivity index (χ2n) is 4.84. The molecule has 1 aromatic carbocycles. The number of oxime groups is 1. The second-order valence-corrected chi connectivity index (χ2v) is 5.82. The third-order valence-electron chi connectivity index (χ3n) is 3.26. The number of aryl methyl sites for hydroxylation is 1. The van der Waals surface area contributed by atoms with E-state index in [1.54, 1.807) is 16.6 Å². The van der Waals surface area contributed by atoms with Crippen molar-refractivity contribution in [2.24, 2.45) is 5.16 Å². The largest absolute Gasteiger partial charge is 0.391 e. The number of thiazole rings is 1. The number of nitro groups is 1. The molecule has 0 atom stereocenters. The SMILES string of the molecule is CC(=NOCc1ccc([N+](=O)[O-])cc1)c1sc2ncnn2c1C. The number of nitro benzene ring substituents is 1. The summed E-state index contributed by atoms with van der Waals surface area (Å²) in [6.07, 6.45) is 1.51. The van der Waals surface area contributed by atoms with Gasteiger partial charge in [-0.2, -0.15) is 5.10 Å². The van der Waals surface area contributed by atoms with Crippen molar-refractivity contribution in [3.05, 3.63) is 56.8 Å². The van der Waals surface area contributed by atoms with Crippen LogP contribution < -0.4 is 0 Å². The third kappa shape index (κ3) is 3.04. The first kappa shape index (κ1) is 15.1. The van der Waals surface area contributed by atoms with Crippen LogP contribution in [0.3, 0.4) is 0 Å². The van der Waals surface area contributed by atoms with Gasteiger partial charge in [0.2, 0.25) is 4.96 Å². The molecule has 0 spiro atoms. The lowest BCUT2D eigenvalue weighted by Gasteiger charge is -2.02. The highest BCUT2D eigenvalue weighted by molar-refractivity contribution is 7.19. The van der Waals surface area contributed by atoms with Gasteiger partial charge in [-0.15, -0.1) is 0 Å². The molecule has 0 radical (unpaired) electrons. The van der Waals surface area contributed by atoms with Gasteiger partial charge in [-0.25, -0.2) is 9.50 Å². The van der Waals surface area contributed by atoms with Crippen LogP contribution in [-0.4, -0.2) is 25.2 Å². The molecule has 0 bridgehead atoms. The Labute approximate surface area is 135 Å². The third-order valence-corrected chi connectivity index (χ3v) is 4.52. The minimum atomic E-state index is -0.434. The highest BCUT2D eigenvalue weighted by Crippen LogP contribution is 2.21. The van der Waals surface area contributed by atoms with Crippen LogP contribution in [0.2, 0.25) is 0 Å². The predicted octanol–water partition coefficient (Wildman–Crippen LogP) is 2.95. The minimum Gasteiger partial charge on any atom is -0.391 e. The molecule has 23 heavy (non-hydrogen) atoms. The normalized spacial score (nSPS) is 11.8. The molecule has 8 nitrogen and oxygen atoms in total. The minimum absolute atomic E-state index is 0.0542. The Kier molecular flexibility index (Phi) is 4.02.